The molecule has 25 heavy (non-hydrogen) atoms. The minimum atomic E-state index is -0.475. The molecule has 124 valence electrons. The van der Waals surface area contributed by atoms with Gasteiger partial charge in [0.2, 0.25) is 0 Å². The molecular weight excluding hydrogens is 318 g/mol. The standard InChI is InChI=1S/C19H15N3O3/c1-13(23)14-7-8-19(22(24)25)18(11-14)21-17-6-2-4-15(10-17)16-5-3-9-20-12-16/h2-12,21H,1H3. The maximum atomic E-state index is 11.6. The summed E-state index contributed by atoms with van der Waals surface area (Å²) in [5, 5.41) is 14.3. The number of carbonyl (C=O) groups excluding carboxylic acids is 1. The molecule has 0 aliphatic rings. The maximum absolute atomic E-state index is 11.6. The average Bonchev–Trinajstić information content (AvgIpc) is 2.62. The van der Waals surface area contributed by atoms with Crippen molar-refractivity contribution in [2.24, 2.45) is 0 Å². The minimum Gasteiger partial charge on any atom is -0.350 e. The molecule has 2 aromatic carbocycles. The largest absolute Gasteiger partial charge is 0.350 e. The molecule has 0 spiro atoms. The number of benzene rings is 2. The van der Waals surface area contributed by atoms with Crippen LogP contribution in [0, 0.1) is 10.1 Å². The fourth-order valence-corrected chi connectivity index (χ4v) is 2.48. The lowest BCUT2D eigenvalue weighted by molar-refractivity contribution is -0.383. The quantitative estimate of drug-likeness (QED) is 0.419. The fourth-order valence-electron chi connectivity index (χ4n) is 2.48. The SMILES string of the molecule is CC(=O)c1ccc([N+](=O)[O-])c(Nc2cccc(-c3cccnc3)c2)c1. The lowest BCUT2D eigenvalue weighted by Gasteiger charge is -2.10. The van der Waals surface area contributed by atoms with Crippen LogP contribution >= 0.6 is 0 Å². The molecule has 1 heterocycles. The Hall–Kier alpha value is -3.54. The first-order chi connectivity index (χ1) is 12.0. The van der Waals surface area contributed by atoms with Gasteiger partial charge in [-0.05, 0) is 42.8 Å². The van der Waals surface area contributed by atoms with Crippen LogP contribution in [0.5, 0.6) is 0 Å². The van der Waals surface area contributed by atoms with Crippen LogP contribution in [0.15, 0.2) is 67.0 Å². The van der Waals surface area contributed by atoms with Gasteiger partial charge in [-0.15, -0.1) is 0 Å². The Morgan fingerprint density at radius 2 is 1.88 bits per heavy atom. The van der Waals surface area contributed by atoms with E-state index < -0.39 is 4.92 Å². The second-order valence-electron chi connectivity index (χ2n) is 5.49. The van der Waals surface area contributed by atoms with Gasteiger partial charge in [0, 0.05) is 35.3 Å². The molecule has 0 atom stereocenters. The van der Waals surface area contributed by atoms with Gasteiger partial charge in [0.1, 0.15) is 5.69 Å². The first-order valence-electron chi connectivity index (χ1n) is 7.61. The van der Waals surface area contributed by atoms with Crippen molar-refractivity contribution in [3.8, 4) is 11.1 Å². The summed E-state index contributed by atoms with van der Waals surface area (Å²) >= 11 is 0. The highest BCUT2D eigenvalue weighted by atomic mass is 16.6. The van der Waals surface area contributed by atoms with Crippen molar-refractivity contribution in [3.63, 3.8) is 0 Å². The monoisotopic (exact) mass is 333 g/mol. The molecule has 0 bridgehead atoms. The highest BCUT2D eigenvalue weighted by molar-refractivity contribution is 5.96. The van der Waals surface area contributed by atoms with Gasteiger partial charge in [-0.1, -0.05) is 18.2 Å². The Balaban J connectivity index is 1.98. The van der Waals surface area contributed by atoms with Crippen molar-refractivity contribution in [1.82, 2.24) is 4.98 Å². The zero-order valence-electron chi connectivity index (χ0n) is 13.5. The number of anilines is 2. The van der Waals surface area contributed by atoms with Crippen LogP contribution in [0.25, 0.3) is 11.1 Å². The van der Waals surface area contributed by atoms with Gasteiger partial charge in [-0.3, -0.25) is 19.9 Å². The summed E-state index contributed by atoms with van der Waals surface area (Å²) in [5.41, 5.74) is 3.17. The minimum absolute atomic E-state index is 0.0863. The molecule has 1 N–H and O–H groups in total. The molecule has 0 saturated heterocycles. The Bertz CT molecular complexity index is 940. The number of Topliss-reactive ketones (excluding diaryl/α,β-unsaturated/α-hetero) is 1. The summed E-state index contributed by atoms with van der Waals surface area (Å²) in [6, 6.07) is 15.5. The van der Waals surface area contributed by atoms with E-state index >= 15 is 0 Å². The predicted molar refractivity (Wildman–Crippen MR) is 96.1 cm³/mol. The normalized spacial score (nSPS) is 10.3. The molecule has 3 rings (SSSR count). The molecule has 6 nitrogen and oxygen atoms in total. The van der Waals surface area contributed by atoms with Crippen LogP contribution in [-0.4, -0.2) is 15.7 Å². The van der Waals surface area contributed by atoms with Crippen LogP contribution in [0.2, 0.25) is 0 Å². The van der Waals surface area contributed by atoms with E-state index in [9.17, 15) is 14.9 Å². The van der Waals surface area contributed by atoms with Crippen molar-refractivity contribution in [2.45, 2.75) is 6.92 Å². The number of nitro groups is 1. The van der Waals surface area contributed by atoms with E-state index in [1.807, 2.05) is 36.4 Å². The lowest BCUT2D eigenvalue weighted by atomic mass is 10.1. The summed E-state index contributed by atoms with van der Waals surface area (Å²) in [6.07, 6.45) is 3.44. The third kappa shape index (κ3) is 3.69. The van der Waals surface area contributed by atoms with Crippen LogP contribution in [-0.2, 0) is 0 Å². The lowest BCUT2D eigenvalue weighted by Crippen LogP contribution is -2.00. The van der Waals surface area contributed by atoms with Crippen molar-refractivity contribution in [3.05, 3.63) is 82.7 Å². The number of nitro benzene ring substituents is 1. The van der Waals surface area contributed by atoms with E-state index in [0.29, 0.717) is 11.3 Å². The van der Waals surface area contributed by atoms with Crippen molar-refractivity contribution < 1.29 is 9.72 Å². The number of carbonyl (C=O) groups is 1. The summed E-state index contributed by atoms with van der Waals surface area (Å²) in [7, 11) is 0. The number of hydrogen-bond donors (Lipinski definition) is 1. The predicted octanol–water partition coefficient (Wildman–Crippen LogP) is 4.60. The van der Waals surface area contributed by atoms with Gasteiger partial charge in [-0.2, -0.15) is 0 Å². The first-order valence-corrected chi connectivity index (χ1v) is 7.61. The number of aromatic nitrogens is 1. The topological polar surface area (TPSA) is 85.1 Å². The van der Waals surface area contributed by atoms with Crippen LogP contribution in [0.3, 0.4) is 0 Å². The third-order valence-corrected chi connectivity index (χ3v) is 3.74. The maximum Gasteiger partial charge on any atom is 0.292 e. The summed E-state index contributed by atoms with van der Waals surface area (Å²) < 4.78 is 0. The van der Waals surface area contributed by atoms with Gasteiger partial charge in [-0.25, -0.2) is 0 Å². The number of nitrogens with zero attached hydrogens (tertiary/aromatic N) is 2. The fraction of sp³-hybridized carbons (Fsp3) is 0.0526. The smallest absolute Gasteiger partial charge is 0.292 e. The molecular formula is C19H15N3O3. The Kier molecular flexibility index (Phi) is 4.52. The molecule has 0 saturated carbocycles. The molecule has 0 aliphatic heterocycles. The molecule has 0 fully saturated rings. The van der Waals surface area contributed by atoms with Crippen LogP contribution in [0.1, 0.15) is 17.3 Å². The molecule has 6 heteroatoms. The first kappa shape index (κ1) is 16.3. The second kappa shape index (κ2) is 6.92. The summed E-state index contributed by atoms with van der Waals surface area (Å²) in [5.74, 6) is -0.151. The summed E-state index contributed by atoms with van der Waals surface area (Å²) in [6.45, 7) is 1.42. The molecule has 0 aliphatic carbocycles. The number of nitrogens with one attached hydrogen (secondary N) is 1. The number of rotatable bonds is 5. The zero-order valence-corrected chi connectivity index (χ0v) is 13.5. The van der Waals surface area contributed by atoms with Gasteiger partial charge in [0.05, 0.1) is 4.92 Å². The molecule has 3 aromatic rings. The van der Waals surface area contributed by atoms with Gasteiger partial charge in [0.25, 0.3) is 5.69 Å². The van der Waals surface area contributed by atoms with E-state index in [1.54, 1.807) is 12.4 Å². The van der Waals surface area contributed by atoms with E-state index in [2.05, 4.69) is 10.3 Å². The van der Waals surface area contributed by atoms with E-state index in [0.717, 1.165) is 11.1 Å². The van der Waals surface area contributed by atoms with Crippen molar-refractivity contribution in [2.75, 3.05) is 5.32 Å². The third-order valence-electron chi connectivity index (χ3n) is 3.74. The Morgan fingerprint density at radius 1 is 1.08 bits per heavy atom. The number of ketones is 1. The van der Waals surface area contributed by atoms with E-state index in [-0.39, 0.29) is 17.2 Å². The van der Waals surface area contributed by atoms with Gasteiger partial charge in [0.15, 0.2) is 5.78 Å². The van der Waals surface area contributed by atoms with Crippen molar-refractivity contribution >= 4 is 22.8 Å². The summed E-state index contributed by atoms with van der Waals surface area (Å²) in [4.78, 5) is 26.4. The Labute approximate surface area is 144 Å². The number of pyridine rings is 1. The Morgan fingerprint density at radius 3 is 2.56 bits per heavy atom. The number of hydrogen-bond acceptors (Lipinski definition) is 5. The van der Waals surface area contributed by atoms with Crippen molar-refractivity contribution in [1.29, 1.82) is 0 Å². The zero-order chi connectivity index (χ0) is 17.8. The highest BCUT2D eigenvalue weighted by Crippen LogP contribution is 2.30. The molecule has 1 aromatic heterocycles. The average molecular weight is 333 g/mol. The van der Waals surface area contributed by atoms with Crippen LogP contribution < -0.4 is 5.32 Å². The highest BCUT2D eigenvalue weighted by Gasteiger charge is 2.16. The second-order valence-corrected chi connectivity index (χ2v) is 5.49. The molecule has 0 unspecified atom stereocenters. The van der Waals surface area contributed by atoms with E-state index in [1.165, 1.54) is 25.1 Å². The van der Waals surface area contributed by atoms with Gasteiger partial charge < -0.3 is 5.32 Å². The van der Waals surface area contributed by atoms with Crippen LogP contribution in [0.4, 0.5) is 17.1 Å². The molecule has 0 radical (unpaired) electrons. The molecule has 0 amide bonds. The van der Waals surface area contributed by atoms with E-state index in [4.69, 9.17) is 0 Å². The van der Waals surface area contributed by atoms with Gasteiger partial charge >= 0.3 is 0 Å².